The quantitative estimate of drug-likeness (QED) is 0.511. The van der Waals surface area contributed by atoms with Gasteiger partial charge in [-0.3, -0.25) is 14.4 Å². The number of ketones is 2. The second kappa shape index (κ2) is 8.66. The maximum Gasteiger partial charge on any atom is 0.279 e. The van der Waals surface area contributed by atoms with Gasteiger partial charge in [0, 0.05) is 22.3 Å². The van der Waals surface area contributed by atoms with Gasteiger partial charge in [0.15, 0.2) is 18.1 Å². The molecule has 0 fully saturated rings. The summed E-state index contributed by atoms with van der Waals surface area (Å²) >= 11 is 0. The van der Waals surface area contributed by atoms with Crippen LogP contribution in [-0.4, -0.2) is 31.1 Å². The lowest BCUT2D eigenvalue weighted by Gasteiger charge is -2.20. The second-order valence-electron chi connectivity index (χ2n) is 7.96. The van der Waals surface area contributed by atoms with Crippen LogP contribution in [0.2, 0.25) is 0 Å². The van der Waals surface area contributed by atoms with Crippen molar-refractivity contribution in [3.8, 4) is 0 Å². The summed E-state index contributed by atoms with van der Waals surface area (Å²) in [5.74, 6) is -0.632. The van der Waals surface area contributed by atoms with E-state index in [1.54, 1.807) is 42.5 Å². The van der Waals surface area contributed by atoms with E-state index in [2.05, 4.69) is 36.5 Å². The molecule has 5 nitrogen and oxygen atoms in total. The van der Waals surface area contributed by atoms with Crippen molar-refractivity contribution in [1.82, 2.24) is 0 Å². The van der Waals surface area contributed by atoms with E-state index in [-0.39, 0.29) is 29.6 Å². The number of aryl methyl sites for hydroxylation is 1. The zero-order valence-corrected chi connectivity index (χ0v) is 17.7. The van der Waals surface area contributed by atoms with Crippen molar-refractivity contribution in [2.45, 2.75) is 19.9 Å². The smallest absolute Gasteiger partial charge is 0.279 e. The Morgan fingerprint density at radius 2 is 1.42 bits per heavy atom. The monoisotopic (exact) mass is 413 g/mol. The molecule has 5 heteroatoms. The molecule has 1 unspecified atom stereocenters. The van der Waals surface area contributed by atoms with Crippen molar-refractivity contribution in [3.05, 3.63) is 100 Å². The van der Waals surface area contributed by atoms with E-state index in [4.69, 9.17) is 0 Å². The summed E-state index contributed by atoms with van der Waals surface area (Å²) in [6, 6.07) is 20.2. The van der Waals surface area contributed by atoms with E-state index in [1.807, 2.05) is 7.05 Å². The number of hydrogen-bond acceptors (Lipinski definition) is 3. The van der Waals surface area contributed by atoms with Gasteiger partial charge >= 0.3 is 0 Å². The van der Waals surface area contributed by atoms with Crippen LogP contribution < -0.4 is 10.2 Å². The zero-order valence-electron chi connectivity index (χ0n) is 17.7. The Morgan fingerprint density at radius 1 is 0.806 bits per heavy atom. The summed E-state index contributed by atoms with van der Waals surface area (Å²) in [5, 5.41) is 2.85. The van der Waals surface area contributed by atoms with Crippen LogP contribution in [0.4, 0.5) is 5.69 Å². The zero-order chi connectivity index (χ0) is 22.0. The third kappa shape index (κ3) is 4.18. The van der Waals surface area contributed by atoms with E-state index in [1.165, 1.54) is 5.56 Å². The summed E-state index contributed by atoms with van der Waals surface area (Å²) in [6.45, 7) is 3.09. The number of amides is 1. The second-order valence-corrected chi connectivity index (χ2v) is 7.96. The summed E-state index contributed by atoms with van der Waals surface area (Å²) in [7, 11) is 1.96. The topological polar surface area (TPSA) is 67.7 Å². The van der Waals surface area contributed by atoms with Crippen molar-refractivity contribution in [2.75, 3.05) is 18.9 Å². The molecule has 0 aromatic heterocycles. The first kappa shape index (κ1) is 20.7. The molecular formula is C26H25N2O3+. The van der Waals surface area contributed by atoms with Crippen LogP contribution in [0, 0.1) is 0 Å². The number of likely N-dealkylation sites (N-methyl/N-ethyl adjacent to an activating group) is 1. The minimum Gasteiger partial charge on any atom is -0.326 e. The highest BCUT2D eigenvalue weighted by Crippen LogP contribution is 2.31. The molecule has 0 spiro atoms. The molecule has 0 saturated heterocycles. The fourth-order valence-electron chi connectivity index (χ4n) is 4.02. The van der Waals surface area contributed by atoms with Crippen LogP contribution in [0.5, 0.6) is 0 Å². The number of anilines is 1. The lowest BCUT2D eigenvalue weighted by Crippen LogP contribution is -3.08. The van der Waals surface area contributed by atoms with Crippen LogP contribution in [0.3, 0.4) is 0 Å². The first-order valence-corrected chi connectivity index (χ1v) is 10.5. The normalized spacial score (nSPS) is 13.4. The SMILES string of the molecule is CCc1ccc(C[NH+](C)CC(=O)Nc2cccc3c2C(=O)c2ccccc2C3=O)cc1. The number of carbonyl (C=O) groups is 3. The Morgan fingerprint density at radius 3 is 2.10 bits per heavy atom. The molecule has 0 heterocycles. The van der Waals surface area contributed by atoms with E-state index in [0.717, 1.165) is 23.4 Å². The molecule has 3 aromatic rings. The van der Waals surface area contributed by atoms with Gasteiger partial charge in [-0.2, -0.15) is 0 Å². The highest BCUT2D eigenvalue weighted by atomic mass is 16.2. The minimum absolute atomic E-state index is 0.195. The minimum atomic E-state index is -0.238. The number of rotatable bonds is 6. The average molecular weight is 413 g/mol. The molecule has 156 valence electrons. The van der Waals surface area contributed by atoms with Gasteiger partial charge in [-0.05, 0) is 18.1 Å². The van der Waals surface area contributed by atoms with Gasteiger partial charge < -0.3 is 10.2 Å². The van der Waals surface area contributed by atoms with Crippen LogP contribution in [-0.2, 0) is 17.8 Å². The summed E-state index contributed by atoms with van der Waals surface area (Å²) in [5.41, 5.74) is 4.22. The third-order valence-corrected chi connectivity index (χ3v) is 5.63. The molecule has 0 aliphatic heterocycles. The lowest BCUT2D eigenvalue weighted by atomic mass is 9.83. The van der Waals surface area contributed by atoms with E-state index in [9.17, 15) is 14.4 Å². The largest absolute Gasteiger partial charge is 0.326 e. The van der Waals surface area contributed by atoms with Crippen molar-refractivity contribution < 1.29 is 19.3 Å². The first-order chi connectivity index (χ1) is 15.0. The molecule has 31 heavy (non-hydrogen) atoms. The number of carbonyl (C=O) groups excluding carboxylic acids is 3. The number of benzene rings is 3. The standard InChI is InChI=1S/C26H24N2O3/c1-3-17-11-13-18(14-12-17)15-28(2)16-23(29)27-22-10-6-9-21-24(22)26(31)20-8-5-4-7-19(20)25(21)30/h4-14H,3,15-16H2,1-2H3,(H,27,29)/p+1. The predicted octanol–water partition coefficient (Wildman–Crippen LogP) is 2.68. The Balaban J connectivity index is 1.49. The van der Waals surface area contributed by atoms with Crippen LogP contribution in [0.25, 0.3) is 0 Å². The molecule has 0 radical (unpaired) electrons. The van der Waals surface area contributed by atoms with Gasteiger partial charge in [0.25, 0.3) is 5.91 Å². The van der Waals surface area contributed by atoms with Crippen molar-refractivity contribution in [3.63, 3.8) is 0 Å². The first-order valence-electron chi connectivity index (χ1n) is 10.5. The van der Waals surface area contributed by atoms with E-state index >= 15 is 0 Å². The van der Waals surface area contributed by atoms with Crippen molar-refractivity contribution in [2.24, 2.45) is 0 Å². The molecule has 2 N–H and O–H groups in total. The molecule has 1 amide bonds. The average Bonchev–Trinajstić information content (AvgIpc) is 2.77. The molecule has 1 aliphatic carbocycles. The van der Waals surface area contributed by atoms with Gasteiger partial charge in [-0.25, -0.2) is 0 Å². The predicted molar refractivity (Wildman–Crippen MR) is 120 cm³/mol. The Hall–Kier alpha value is -3.57. The van der Waals surface area contributed by atoms with Gasteiger partial charge in [0.1, 0.15) is 6.54 Å². The van der Waals surface area contributed by atoms with Gasteiger partial charge in [-0.15, -0.1) is 0 Å². The van der Waals surface area contributed by atoms with E-state index < -0.39 is 0 Å². The third-order valence-electron chi connectivity index (χ3n) is 5.63. The molecular weight excluding hydrogens is 388 g/mol. The summed E-state index contributed by atoms with van der Waals surface area (Å²) in [4.78, 5) is 39.6. The Kier molecular flexibility index (Phi) is 5.78. The number of nitrogens with one attached hydrogen (secondary N) is 2. The lowest BCUT2D eigenvalue weighted by molar-refractivity contribution is -0.885. The fourth-order valence-corrected chi connectivity index (χ4v) is 4.02. The van der Waals surface area contributed by atoms with Crippen molar-refractivity contribution in [1.29, 1.82) is 0 Å². The maximum atomic E-state index is 13.1. The number of fused-ring (bicyclic) bond motifs is 2. The molecule has 0 saturated carbocycles. The van der Waals surface area contributed by atoms with Gasteiger partial charge in [-0.1, -0.05) is 67.6 Å². The van der Waals surface area contributed by atoms with Gasteiger partial charge in [0.05, 0.1) is 18.3 Å². The van der Waals surface area contributed by atoms with Crippen LogP contribution >= 0.6 is 0 Å². The van der Waals surface area contributed by atoms with Crippen molar-refractivity contribution >= 4 is 23.2 Å². The molecule has 1 aliphatic rings. The highest BCUT2D eigenvalue weighted by Gasteiger charge is 2.31. The van der Waals surface area contributed by atoms with Crippen LogP contribution in [0.1, 0.15) is 49.9 Å². The molecule has 4 rings (SSSR count). The molecule has 1 atom stereocenters. The highest BCUT2D eigenvalue weighted by molar-refractivity contribution is 6.30. The van der Waals surface area contributed by atoms with Gasteiger partial charge in [0.2, 0.25) is 0 Å². The van der Waals surface area contributed by atoms with Crippen LogP contribution in [0.15, 0.2) is 66.7 Å². The summed E-state index contributed by atoms with van der Waals surface area (Å²) in [6.07, 6.45) is 0.998. The molecule has 0 bridgehead atoms. The maximum absolute atomic E-state index is 13.1. The Bertz CT molecular complexity index is 1170. The molecule has 3 aromatic carbocycles. The number of quaternary nitrogens is 1. The Labute approximate surface area is 181 Å². The summed E-state index contributed by atoms with van der Waals surface area (Å²) < 4.78 is 0. The van der Waals surface area contributed by atoms with E-state index in [0.29, 0.717) is 22.4 Å². The fraction of sp³-hybridized carbons (Fsp3) is 0.192. The number of hydrogen-bond donors (Lipinski definition) is 2.